The van der Waals surface area contributed by atoms with E-state index in [2.05, 4.69) is 5.32 Å². The molecule has 0 spiro atoms. The van der Waals surface area contributed by atoms with Gasteiger partial charge in [-0.3, -0.25) is 4.79 Å². The molecule has 0 atom stereocenters. The summed E-state index contributed by atoms with van der Waals surface area (Å²) in [5.74, 6) is -1.42. The lowest BCUT2D eigenvalue weighted by Gasteiger charge is -2.06. The van der Waals surface area contributed by atoms with Gasteiger partial charge in [0.05, 0.1) is 0 Å². The van der Waals surface area contributed by atoms with Gasteiger partial charge < -0.3 is 10.4 Å². The summed E-state index contributed by atoms with van der Waals surface area (Å²) >= 11 is 0. The Morgan fingerprint density at radius 1 is 1.12 bits per heavy atom. The summed E-state index contributed by atoms with van der Waals surface area (Å²) in [7, 11) is 0. The molecule has 1 aromatic rings. The summed E-state index contributed by atoms with van der Waals surface area (Å²) in [5, 5.41) is 11.4. The molecule has 0 radical (unpaired) electrons. The number of carboxylic acid groups (broad SMARTS) is 1. The van der Waals surface area contributed by atoms with E-state index >= 15 is 0 Å². The average molecular weight is 233 g/mol. The molecule has 0 fully saturated rings. The van der Waals surface area contributed by atoms with Crippen molar-refractivity contribution in [2.24, 2.45) is 0 Å². The van der Waals surface area contributed by atoms with Crippen LogP contribution in [0, 0.1) is 0 Å². The first-order valence-electron chi connectivity index (χ1n) is 5.25. The van der Waals surface area contributed by atoms with Gasteiger partial charge >= 0.3 is 5.97 Å². The maximum atomic E-state index is 11.6. The van der Waals surface area contributed by atoms with Crippen LogP contribution >= 0.6 is 0 Å². The molecule has 0 saturated carbocycles. The Hall–Kier alpha value is -2.10. The molecular weight excluding hydrogens is 218 g/mol. The number of carboxylic acids is 1. The summed E-state index contributed by atoms with van der Waals surface area (Å²) in [4.78, 5) is 22.3. The van der Waals surface area contributed by atoms with Crippen LogP contribution < -0.4 is 5.32 Å². The van der Waals surface area contributed by atoms with Crippen molar-refractivity contribution < 1.29 is 14.7 Å². The molecule has 90 valence electrons. The van der Waals surface area contributed by atoms with Gasteiger partial charge in [-0.2, -0.15) is 0 Å². The van der Waals surface area contributed by atoms with E-state index in [9.17, 15) is 9.59 Å². The topological polar surface area (TPSA) is 66.4 Å². The van der Waals surface area contributed by atoms with E-state index in [1.165, 1.54) is 13.8 Å². The fourth-order valence-electron chi connectivity index (χ4n) is 1.24. The molecule has 0 aromatic heterocycles. The lowest BCUT2D eigenvalue weighted by atomic mass is 10.1. The molecule has 2 N–H and O–H groups in total. The minimum atomic E-state index is -1.07. The highest BCUT2D eigenvalue weighted by Crippen LogP contribution is 2.04. The molecule has 4 heteroatoms. The number of hydrogen-bond acceptors (Lipinski definition) is 2. The third-order valence-electron chi connectivity index (χ3n) is 2.52. The van der Waals surface area contributed by atoms with Crippen molar-refractivity contribution in [1.29, 1.82) is 0 Å². The standard InChI is InChI=1S/C13H15NO3/c1-9(10(2)13(16)17)12(15)14-8-11-6-4-3-5-7-11/h3-7H,8H2,1-2H3,(H,14,15)(H,16,17). The van der Waals surface area contributed by atoms with Crippen LogP contribution in [0.5, 0.6) is 0 Å². The van der Waals surface area contributed by atoms with Crippen molar-refractivity contribution in [2.75, 3.05) is 0 Å². The van der Waals surface area contributed by atoms with Crippen molar-refractivity contribution in [3.63, 3.8) is 0 Å². The summed E-state index contributed by atoms with van der Waals surface area (Å²) in [5.41, 5.74) is 1.27. The Balaban J connectivity index is 2.62. The van der Waals surface area contributed by atoms with Crippen LogP contribution in [-0.2, 0) is 16.1 Å². The largest absolute Gasteiger partial charge is 0.478 e. The van der Waals surface area contributed by atoms with E-state index in [1.54, 1.807) is 0 Å². The quantitative estimate of drug-likeness (QED) is 0.778. The fourth-order valence-corrected chi connectivity index (χ4v) is 1.24. The third-order valence-corrected chi connectivity index (χ3v) is 2.52. The van der Waals surface area contributed by atoms with E-state index in [1.807, 2.05) is 30.3 Å². The molecule has 0 heterocycles. The monoisotopic (exact) mass is 233 g/mol. The van der Waals surface area contributed by atoms with Gasteiger partial charge in [0, 0.05) is 17.7 Å². The predicted molar refractivity (Wildman–Crippen MR) is 64.3 cm³/mol. The molecule has 1 aromatic carbocycles. The van der Waals surface area contributed by atoms with Crippen molar-refractivity contribution >= 4 is 11.9 Å². The summed E-state index contributed by atoms with van der Waals surface area (Å²) in [6.45, 7) is 3.31. The number of carbonyl (C=O) groups is 2. The molecule has 0 saturated heterocycles. The number of nitrogens with one attached hydrogen (secondary N) is 1. The number of benzene rings is 1. The lowest BCUT2D eigenvalue weighted by Crippen LogP contribution is -2.25. The molecule has 0 aliphatic heterocycles. The number of amides is 1. The second kappa shape index (κ2) is 5.84. The van der Waals surface area contributed by atoms with E-state index in [4.69, 9.17) is 5.11 Å². The number of hydrogen-bond donors (Lipinski definition) is 2. The van der Waals surface area contributed by atoms with Gasteiger partial charge in [-0.1, -0.05) is 30.3 Å². The molecular formula is C13H15NO3. The normalized spacial score (nSPS) is 11.6. The van der Waals surface area contributed by atoms with Gasteiger partial charge in [0.1, 0.15) is 0 Å². The SMILES string of the molecule is CC(C(=O)O)=C(C)C(=O)NCc1ccccc1. The summed E-state index contributed by atoms with van der Waals surface area (Å²) in [6.07, 6.45) is 0. The highest BCUT2D eigenvalue weighted by Gasteiger charge is 2.11. The van der Waals surface area contributed by atoms with Gasteiger partial charge in [0.15, 0.2) is 0 Å². The van der Waals surface area contributed by atoms with Gasteiger partial charge in [-0.15, -0.1) is 0 Å². The first-order chi connectivity index (χ1) is 8.02. The van der Waals surface area contributed by atoms with Crippen molar-refractivity contribution in [3.05, 3.63) is 47.0 Å². The van der Waals surface area contributed by atoms with E-state index < -0.39 is 5.97 Å². The Morgan fingerprint density at radius 3 is 2.24 bits per heavy atom. The molecule has 4 nitrogen and oxygen atoms in total. The summed E-state index contributed by atoms with van der Waals surface area (Å²) < 4.78 is 0. The third kappa shape index (κ3) is 3.75. The highest BCUT2D eigenvalue weighted by molar-refractivity contribution is 6.01. The van der Waals surface area contributed by atoms with Gasteiger partial charge in [0.2, 0.25) is 5.91 Å². The minimum Gasteiger partial charge on any atom is -0.478 e. The van der Waals surface area contributed by atoms with Crippen LogP contribution in [-0.4, -0.2) is 17.0 Å². The van der Waals surface area contributed by atoms with E-state index in [0.29, 0.717) is 6.54 Å². The van der Waals surface area contributed by atoms with Crippen LogP contribution in [0.1, 0.15) is 19.4 Å². The van der Waals surface area contributed by atoms with Crippen LogP contribution in [0.25, 0.3) is 0 Å². The highest BCUT2D eigenvalue weighted by atomic mass is 16.4. The van der Waals surface area contributed by atoms with E-state index in [0.717, 1.165) is 5.56 Å². The number of carbonyl (C=O) groups excluding carboxylic acids is 1. The van der Waals surface area contributed by atoms with Crippen LogP contribution in [0.4, 0.5) is 0 Å². The number of aliphatic carboxylic acids is 1. The lowest BCUT2D eigenvalue weighted by molar-refractivity contribution is -0.133. The van der Waals surface area contributed by atoms with Gasteiger partial charge in [-0.05, 0) is 19.4 Å². The average Bonchev–Trinajstić information content (AvgIpc) is 2.35. The van der Waals surface area contributed by atoms with Crippen molar-refractivity contribution in [1.82, 2.24) is 5.32 Å². The second-order valence-corrected chi connectivity index (χ2v) is 3.72. The first kappa shape index (κ1) is 13.0. The maximum Gasteiger partial charge on any atom is 0.331 e. The zero-order valence-corrected chi connectivity index (χ0v) is 9.86. The smallest absolute Gasteiger partial charge is 0.331 e. The molecule has 17 heavy (non-hydrogen) atoms. The van der Waals surface area contributed by atoms with Crippen molar-refractivity contribution in [3.8, 4) is 0 Å². The number of rotatable bonds is 4. The molecule has 0 unspecified atom stereocenters. The second-order valence-electron chi connectivity index (χ2n) is 3.72. The van der Waals surface area contributed by atoms with Crippen molar-refractivity contribution in [2.45, 2.75) is 20.4 Å². The van der Waals surface area contributed by atoms with Crippen LogP contribution in [0.2, 0.25) is 0 Å². The zero-order valence-electron chi connectivity index (χ0n) is 9.86. The Morgan fingerprint density at radius 2 is 1.71 bits per heavy atom. The molecule has 1 amide bonds. The van der Waals surface area contributed by atoms with E-state index in [-0.39, 0.29) is 17.1 Å². The zero-order chi connectivity index (χ0) is 12.8. The predicted octanol–water partition coefficient (Wildman–Crippen LogP) is 1.72. The fraction of sp³-hybridized carbons (Fsp3) is 0.231. The molecule has 1 rings (SSSR count). The molecule has 0 aliphatic carbocycles. The van der Waals surface area contributed by atoms with Gasteiger partial charge in [-0.25, -0.2) is 4.79 Å². The Labute approximate surface area is 100.0 Å². The maximum absolute atomic E-state index is 11.6. The van der Waals surface area contributed by atoms with Crippen LogP contribution in [0.15, 0.2) is 41.5 Å². The molecule has 0 bridgehead atoms. The Kier molecular flexibility index (Phi) is 4.46. The molecule has 0 aliphatic rings. The summed E-state index contributed by atoms with van der Waals surface area (Å²) in [6, 6.07) is 9.44. The first-order valence-corrected chi connectivity index (χ1v) is 5.25. The Bertz CT molecular complexity index is 449. The van der Waals surface area contributed by atoms with Crippen LogP contribution in [0.3, 0.4) is 0 Å². The minimum absolute atomic E-state index is 0.0653. The van der Waals surface area contributed by atoms with Gasteiger partial charge in [0.25, 0.3) is 0 Å².